The molecule has 0 unspecified atom stereocenters. The summed E-state index contributed by atoms with van der Waals surface area (Å²) in [6, 6.07) is 5.12. The first-order valence-corrected chi connectivity index (χ1v) is 7.04. The van der Waals surface area contributed by atoms with Gasteiger partial charge in [-0.15, -0.1) is 0 Å². The van der Waals surface area contributed by atoms with Crippen LogP contribution in [0.25, 0.3) is 5.69 Å². The predicted octanol–water partition coefficient (Wildman–Crippen LogP) is 4.05. The number of hydrogen-bond donors (Lipinski definition) is 1. The van der Waals surface area contributed by atoms with Crippen LogP contribution in [0.4, 0.5) is 5.82 Å². The number of nitriles is 1. The molecule has 1 heterocycles. The van der Waals surface area contributed by atoms with Crippen molar-refractivity contribution in [1.29, 1.82) is 5.26 Å². The molecule has 0 aliphatic rings. The second-order valence-corrected chi connectivity index (χ2v) is 5.19. The molecule has 0 bridgehead atoms. The molecule has 21 heavy (non-hydrogen) atoms. The Morgan fingerprint density at radius 2 is 2.10 bits per heavy atom. The van der Waals surface area contributed by atoms with E-state index in [2.05, 4.69) is 10.4 Å². The number of nitrogens with one attached hydrogen (secondary N) is 1. The second-order valence-electron chi connectivity index (χ2n) is 4.03. The molecule has 108 valence electrons. The zero-order valence-corrected chi connectivity index (χ0v) is 13.1. The third kappa shape index (κ3) is 2.98. The van der Waals surface area contributed by atoms with Gasteiger partial charge in [-0.2, -0.15) is 10.4 Å². The molecule has 2 aromatic rings. The monoisotopic (exact) mass is 342 g/mol. The third-order valence-electron chi connectivity index (χ3n) is 2.71. The van der Waals surface area contributed by atoms with Gasteiger partial charge < -0.3 is 5.32 Å². The molecule has 8 heteroatoms. The molecule has 1 N–H and O–H groups in total. The van der Waals surface area contributed by atoms with Gasteiger partial charge in [-0.1, -0.05) is 41.7 Å². The van der Waals surface area contributed by atoms with E-state index in [0.717, 1.165) is 0 Å². The molecular formula is C13H9Cl3N4O. The summed E-state index contributed by atoms with van der Waals surface area (Å²) in [7, 11) is 0. The van der Waals surface area contributed by atoms with Crippen LogP contribution in [0.3, 0.4) is 0 Å². The summed E-state index contributed by atoms with van der Waals surface area (Å²) in [6.07, 6.45) is 1.61. The highest BCUT2D eigenvalue weighted by Crippen LogP contribution is 2.35. The lowest BCUT2D eigenvalue weighted by Crippen LogP contribution is -2.14. The van der Waals surface area contributed by atoms with Crippen molar-refractivity contribution in [1.82, 2.24) is 9.78 Å². The first-order chi connectivity index (χ1) is 9.99. The standard InChI is InChI=1S/C13H9Cl3N4O/c1-2-10(21)19-13-7(5-17)6-18-20(13)9-4-3-8(14)11(15)12(9)16/h3-4,6H,2H2,1H3,(H,19,21). The van der Waals surface area contributed by atoms with Gasteiger partial charge in [-0.25, -0.2) is 4.68 Å². The molecule has 1 amide bonds. The topological polar surface area (TPSA) is 70.7 Å². The normalized spacial score (nSPS) is 10.2. The van der Waals surface area contributed by atoms with Gasteiger partial charge in [0.1, 0.15) is 11.6 Å². The molecule has 1 aromatic heterocycles. The van der Waals surface area contributed by atoms with Crippen LogP contribution < -0.4 is 5.32 Å². The van der Waals surface area contributed by atoms with Crippen LogP contribution in [0.1, 0.15) is 18.9 Å². The molecule has 2 rings (SSSR count). The van der Waals surface area contributed by atoms with Crippen LogP contribution in [0.15, 0.2) is 18.3 Å². The first kappa shape index (κ1) is 15.6. The molecule has 0 saturated carbocycles. The molecule has 0 aliphatic heterocycles. The summed E-state index contributed by atoms with van der Waals surface area (Å²) >= 11 is 18.0. The number of nitrogens with zero attached hydrogens (tertiary/aromatic N) is 3. The van der Waals surface area contributed by atoms with Crippen LogP contribution in [0, 0.1) is 11.3 Å². The van der Waals surface area contributed by atoms with Gasteiger partial charge in [0.05, 0.1) is 27.0 Å². The van der Waals surface area contributed by atoms with Crippen molar-refractivity contribution in [3.8, 4) is 11.8 Å². The van der Waals surface area contributed by atoms with E-state index in [-0.39, 0.29) is 33.8 Å². The Morgan fingerprint density at radius 1 is 1.38 bits per heavy atom. The fourth-order valence-electron chi connectivity index (χ4n) is 1.63. The average molecular weight is 344 g/mol. The first-order valence-electron chi connectivity index (χ1n) is 5.91. The largest absolute Gasteiger partial charge is 0.309 e. The number of aromatic nitrogens is 2. The highest BCUT2D eigenvalue weighted by atomic mass is 35.5. The minimum absolute atomic E-state index is 0.178. The summed E-state index contributed by atoms with van der Waals surface area (Å²) in [5.41, 5.74) is 0.637. The van der Waals surface area contributed by atoms with Crippen LogP contribution in [-0.4, -0.2) is 15.7 Å². The summed E-state index contributed by atoms with van der Waals surface area (Å²) in [5, 5.41) is 16.5. The number of carbonyl (C=O) groups excluding carboxylic acids is 1. The Hall–Kier alpha value is -1.74. The SMILES string of the molecule is CCC(=O)Nc1c(C#N)cnn1-c1ccc(Cl)c(Cl)c1Cl. The Labute approximate surface area is 136 Å². The maximum absolute atomic E-state index is 11.6. The van der Waals surface area contributed by atoms with Gasteiger partial charge in [-0.05, 0) is 12.1 Å². The van der Waals surface area contributed by atoms with E-state index in [1.165, 1.54) is 10.9 Å². The summed E-state index contributed by atoms with van der Waals surface area (Å²) in [6.45, 7) is 1.70. The van der Waals surface area contributed by atoms with Crippen molar-refractivity contribution >= 4 is 46.5 Å². The fraction of sp³-hybridized carbons (Fsp3) is 0.154. The van der Waals surface area contributed by atoms with E-state index in [1.54, 1.807) is 19.1 Å². The van der Waals surface area contributed by atoms with Crippen molar-refractivity contribution in [3.05, 3.63) is 39.0 Å². The lowest BCUT2D eigenvalue weighted by Gasteiger charge is -2.11. The van der Waals surface area contributed by atoms with Crippen molar-refractivity contribution in [2.75, 3.05) is 5.32 Å². The number of carbonyl (C=O) groups is 1. The molecule has 5 nitrogen and oxygen atoms in total. The number of benzene rings is 1. The van der Waals surface area contributed by atoms with Gasteiger partial charge in [-0.3, -0.25) is 4.79 Å². The quantitative estimate of drug-likeness (QED) is 0.855. The van der Waals surface area contributed by atoms with Gasteiger partial charge in [0, 0.05) is 6.42 Å². The van der Waals surface area contributed by atoms with E-state index in [9.17, 15) is 4.79 Å². The predicted molar refractivity (Wildman–Crippen MR) is 82.2 cm³/mol. The molecule has 0 aliphatic carbocycles. The third-order valence-corrected chi connectivity index (χ3v) is 4.00. The van der Waals surface area contributed by atoms with Gasteiger partial charge >= 0.3 is 0 Å². The van der Waals surface area contributed by atoms with Gasteiger partial charge in [0.25, 0.3) is 0 Å². The average Bonchev–Trinajstić information content (AvgIpc) is 2.87. The van der Waals surface area contributed by atoms with Gasteiger partial charge in [0.15, 0.2) is 5.82 Å². The minimum atomic E-state index is -0.246. The van der Waals surface area contributed by atoms with Crippen molar-refractivity contribution in [2.24, 2.45) is 0 Å². The van der Waals surface area contributed by atoms with Gasteiger partial charge in [0.2, 0.25) is 5.91 Å². The zero-order chi connectivity index (χ0) is 15.6. The molecule has 0 saturated heterocycles. The Morgan fingerprint density at radius 3 is 2.71 bits per heavy atom. The number of halogens is 3. The lowest BCUT2D eigenvalue weighted by atomic mass is 10.3. The lowest BCUT2D eigenvalue weighted by molar-refractivity contribution is -0.115. The summed E-state index contributed by atoms with van der Waals surface area (Å²) in [4.78, 5) is 11.6. The van der Waals surface area contributed by atoms with Crippen LogP contribution >= 0.6 is 34.8 Å². The smallest absolute Gasteiger partial charge is 0.225 e. The van der Waals surface area contributed by atoms with Crippen LogP contribution in [0.2, 0.25) is 15.1 Å². The number of anilines is 1. The molecule has 0 fully saturated rings. The number of rotatable bonds is 3. The number of hydrogen-bond acceptors (Lipinski definition) is 3. The van der Waals surface area contributed by atoms with E-state index in [4.69, 9.17) is 40.1 Å². The highest BCUT2D eigenvalue weighted by Gasteiger charge is 2.18. The molecule has 0 atom stereocenters. The molecule has 0 spiro atoms. The minimum Gasteiger partial charge on any atom is -0.309 e. The zero-order valence-electron chi connectivity index (χ0n) is 10.8. The Kier molecular flexibility index (Phi) is 4.73. The Bertz CT molecular complexity index is 749. The van der Waals surface area contributed by atoms with E-state index in [0.29, 0.717) is 10.7 Å². The summed E-state index contributed by atoms with van der Waals surface area (Å²) in [5.74, 6) is -0.00549. The van der Waals surface area contributed by atoms with E-state index in [1.807, 2.05) is 6.07 Å². The van der Waals surface area contributed by atoms with Crippen molar-refractivity contribution < 1.29 is 4.79 Å². The van der Waals surface area contributed by atoms with E-state index >= 15 is 0 Å². The molecular weight excluding hydrogens is 335 g/mol. The highest BCUT2D eigenvalue weighted by molar-refractivity contribution is 6.48. The summed E-state index contributed by atoms with van der Waals surface area (Å²) < 4.78 is 1.34. The number of amides is 1. The maximum Gasteiger partial charge on any atom is 0.225 e. The molecule has 1 aromatic carbocycles. The van der Waals surface area contributed by atoms with Crippen molar-refractivity contribution in [3.63, 3.8) is 0 Å². The fourth-order valence-corrected chi connectivity index (χ4v) is 2.24. The van der Waals surface area contributed by atoms with E-state index < -0.39 is 0 Å². The van der Waals surface area contributed by atoms with Crippen LogP contribution in [0.5, 0.6) is 0 Å². The second kappa shape index (κ2) is 6.35. The van der Waals surface area contributed by atoms with Crippen molar-refractivity contribution in [2.45, 2.75) is 13.3 Å². The Balaban J connectivity index is 2.60. The molecule has 0 radical (unpaired) electrons. The van der Waals surface area contributed by atoms with Crippen LogP contribution in [-0.2, 0) is 4.79 Å². The maximum atomic E-state index is 11.6.